The highest BCUT2D eigenvalue weighted by atomic mass is 31.2. The molecule has 5 heteroatoms. The molecule has 0 aliphatic carbocycles. The van der Waals surface area contributed by atoms with E-state index in [4.69, 9.17) is 14.8 Å². The molecule has 1 aromatic rings. The van der Waals surface area contributed by atoms with Gasteiger partial charge in [-0.15, -0.1) is 0 Å². The van der Waals surface area contributed by atoms with Crippen LogP contribution in [0.4, 0.5) is 0 Å². The number of hydrogen-bond acceptors (Lipinski definition) is 4. The molecule has 0 aliphatic heterocycles. The molecule has 96 valence electrons. The van der Waals surface area contributed by atoms with Crippen LogP contribution in [-0.4, -0.2) is 13.2 Å². The molecule has 1 aromatic carbocycles. The Morgan fingerprint density at radius 3 is 2.29 bits per heavy atom. The van der Waals surface area contributed by atoms with Crippen LogP contribution in [0.25, 0.3) is 0 Å². The third-order valence-corrected chi connectivity index (χ3v) is 4.31. The first-order chi connectivity index (χ1) is 8.13. The molecule has 4 nitrogen and oxygen atoms in total. The van der Waals surface area contributed by atoms with Gasteiger partial charge in [0.15, 0.2) is 0 Å². The Bertz CT molecular complexity index is 385. The molecule has 0 saturated carbocycles. The van der Waals surface area contributed by atoms with E-state index in [2.05, 4.69) is 0 Å². The topological polar surface area (TPSA) is 61.5 Å². The van der Waals surface area contributed by atoms with Crippen molar-refractivity contribution in [2.45, 2.75) is 26.6 Å². The molecule has 0 fully saturated rings. The summed E-state index contributed by atoms with van der Waals surface area (Å²) in [6.45, 7) is 4.85. The van der Waals surface area contributed by atoms with Gasteiger partial charge < -0.3 is 14.8 Å². The average molecular weight is 257 g/mol. The number of rotatable bonds is 7. The lowest BCUT2D eigenvalue weighted by molar-refractivity contribution is 0.219. The van der Waals surface area contributed by atoms with Crippen molar-refractivity contribution in [2.24, 2.45) is 5.73 Å². The van der Waals surface area contributed by atoms with Gasteiger partial charge in [0.1, 0.15) is 0 Å². The first-order valence-electron chi connectivity index (χ1n) is 5.79. The zero-order valence-electron chi connectivity index (χ0n) is 10.4. The molecular weight excluding hydrogens is 237 g/mol. The third kappa shape index (κ3) is 4.60. The van der Waals surface area contributed by atoms with E-state index in [0.717, 1.165) is 11.1 Å². The first kappa shape index (κ1) is 14.4. The van der Waals surface area contributed by atoms with Crippen molar-refractivity contribution in [2.75, 3.05) is 13.2 Å². The van der Waals surface area contributed by atoms with Gasteiger partial charge in [-0.1, -0.05) is 24.3 Å². The van der Waals surface area contributed by atoms with E-state index < -0.39 is 7.60 Å². The van der Waals surface area contributed by atoms with E-state index in [1.165, 1.54) is 0 Å². The maximum atomic E-state index is 12.3. The first-order valence-corrected chi connectivity index (χ1v) is 7.52. The Hall–Kier alpha value is -0.670. The van der Waals surface area contributed by atoms with Crippen LogP contribution in [-0.2, 0) is 26.3 Å². The summed E-state index contributed by atoms with van der Waals surface area (Å²) in [6.07, 6.45) is 0.294. The van der Waals surface area contributed by atoms with Gasteiger partial charge >= 0.3 is 7.60 Å². The zero-order valence-corrected chi connectivity index (χ0v) is 11.3. The van der Waals surface area contributed by atoms with Crippen LogP contribution in [0.5, 0.6) is 0 Å². The molecule has 17 heavy (non-hydrogen) atoms. The maximum Gasteiger partial charge on any atom is 0.335 e. The highest BCUT2D eigenvalue weighted by Crippen LogP contribution is 2.51. The minimum atomic E-state index is -3.01. The van der Waals surface area contributed by atoms with E-state index in [-0.39, 0.29) is 0 Å². The Morgan fingerprint density at radius 1 is 1.18 bits per heavy atom. The summed E-state index contributed by atoms with van der Waals surface area (Å²) in [5.41, 5.74) is 7.51. The lowest BCUT2D eigenvalue weighted by Crippen LogP contribution is -2.01. The second-order valence-corrected chi connectivity index (χ2v) is 5.68. The molecule has 2 N–H and O–H groups in total. The van der Waals surface area contributed by atoms with Crippen molar-refractivity contribution in [3.05, 3.63) is 35.4 Å². The summed E-state index contributed by atoms with van der Waals surface area (Å²) in [6, 6.07) is 7.68. The molecule has 1 rings (SSSR count). The highest BCUT2D eigenvalue weighted by Gasteiger charge is 2.23. The van der Waals surface area contributed by atoms with Crippen molar-refractivity contribution >= 4 is 7.60 Å². The van der Waals surface area contributed by atoms with Gasteiger partial charge in [-0.25, -0.2) is 0 Å². The van der Waals surface area contributed by atoms with Crippen LogP contribution in [0.15, 0.2) is 24.3 Å². The second-order valence-electron chi connectivity index (χ2n) is 3.63. The molecule has 0 atom stereocenters. The Labute approximate surface area is 103 Å². The fraction of sp³-hybridized carbons (Fsp3) is 0.500. The van der Waals surface area contributed by atoms with Gasteiger partial charge in [0.05, 0.1) is 19.4 Å². The Balaban J connectivity index is 2.81. The van der Waals surface area contributed by atoms with Crippen molar-refractivity contribution in [3.63, 3.8) is 0 Å². The average Bonchev–Trinajstić information content (AvgIpc) is 2.29. The molecule has 0 aromatic heterocycles. The van der Waals surface area contributed by atoms with Crippen LogP contribution >= 0.6 is 7.60 Å². The molecule has 0 heterocycles. The van der Waals surface area contributed by atoms with Gasteiger partial charge in [-0.2, -0.15) is 0 Å². The van der Waals surface area contributed by atoms with Crippen LogP contribution in [0.1, 0.15) is 25.0 Å². The summed E-state index contributed by atoms with van der Waals surface area (Å²) in [4.78, 5) is 0. The Kier molecular flexibility index (Phi) is 5.86. The van der Waals surface area contributed by atoms with Gasteiger partial charge in [-0.3, -0.25) is 4.57 Å². The van der Waals surface area contributed by atoms with Crippen molar-refractivity contribution in [3.8, 4) is 0 Å². The molecule has 0 saturated heterocycles. The van der Waals surface area contributed by atoms with Crippen LogP contribution in [0.3, 0.4) is 0 Å². The molecule has 0 radical (unpaired) electrons. The quantitative estimate of drug-likeness (QED) is 0.763. The predicted octanol–water partition coefficient (Wildman–Crippen LogP) is 2.91. The lowest BCUT2D eigenvalue weighted by atomic mass is 10.1. The summed E-state index contributed by atoms with van der Waals surface area (Å²) < 4.78 is 22.8. The van der Waals surface area contributed by atoms with Crippen molar-refractivity contribution in [1.29, 1.82) is 0 Å². The fourth-order valence-corrected chi connectivity index (χ4v) is 3.29. The van der Waals surface area contributed by atoms with Gasteiger partial charge in [0, 0.05) is 6.54 Å². The molecule has 0 spiro atoms. The van der Waals surface area contributed by atoms with Gasteiger partial charge in [0.2, 0.25) is 0 Å². The molecule has 0 aliphatic rings. The summed E-state index contributed by atoms with van der Waals surface area (Å²) in [5, 5.41) is 0. The number of benzene rings is 1. The molecule has 0 bridgehead atoms. The SMILES string of the molecule is CCOP(=O)(Cc1cccc(CN)c1)OCC. The largest absolute Gasteiger partial charge is 0.335 e. The normalized spacial score (nSPS) is 11.7. The molecular formula is C12H20NO3P. The van der Waals surface area contributed by atoms with E-state index in [9.17, 15) is 4.57 Å². The van der Waals surface area contributed by atoms with E-state index in [1.807, 2.05) is 38.1 Å². The smallest absolute Gasteiger partial charge is 0.326 e. The number of hydrogen-bond donors (Lipinski definition) is 1. The van der Waals surface area contributed by atoms with Gasteiger partial charge in [0.25, 0.3) is 0 Å². The van der Waals surface area contributed by atoms with E-state index in [1.54, 1.807) is 0 Å². The highest BCUT2D eigenvalue weighted by molar-refractivity contribution is 7.53. The van der Waals surface area contributed by atoms with Crippen molar-refractivity contribution in [1.82, 2.24) is 0 Å². The lowest BCUT2D eigenvalue weighted by Gasteiger charge is -2.17. The Morgan fingerprint density at radius 2 is 1.76 bits per heavy atom. The standard InChI is InChI=1S/C12H20NO3P/c1-3-15-17(14,16-4-2)10-12-7-5-6-11(8-12)9-13/h5-8H,3-4,9-10,13H2,1-2H3. The maximum absolute atomic E-state index is 12.3. The van der Waals surface area contributed by atoms with E-state index >= 15 is 0 Å². The fourth-order valence-electron chi connectivity index (χ4n) is 1.60. The van der Waals surface area contributed by atoms with Crippen LogP contribution in [0.2, 0.25) is 0 Å². The van der Waals surface area contributed by atoms with Gasteiger partial charge in [-0.05, 0) is 25.0 Å². The molecule has 0 amide bonds. The number of nitrogens with two attached hydrogens (primary N) is 1. The monoisotopic (exact) mass is 257 g/mol. The minimum Gasteiger partial charge on any atom is -0.326 e. The minimum absolute atomic E-state index is 0.294. The summed E-state index contributed by atoms with van der Waals surface area (Å²) in [7, 11) is -3.01. The van der Waals surface area contributed by atoms with E-state index in [0.29, 0.717) is 25.9 Å². The summed E-state index contributed by atoms with van der Waals surface area (Å²) in [5.74, 6) is 0. The summed E-state index contributed by atoms with van der Waals surface area (Å²) >= 11 is 0. The second kappa shape index (κ2) is 6.92. The van der Waals surface area contributed by atoms with Crippen LogP contribution < -0.4 is 5.73 Å². The third-order valence-electron chi connectivity index (χ3n) is 2.25. The van der Waals surface area contributed by atoms with Crippen molar-refractivity contribution < 1.29 is 13.6 Å². The predicted molar refractivity (Wildman–Crippen MR) is 68.9 cm³/mol. The van der Waals surface area contributed by atoms with Crippen LogP contribution in [0, 0.1) is 0 Å². The molecule has 0 unspecified atom stereocenters. The zero-order chi connectivity index (χ0) is 12.7.